The fraction of sp³-hybridized carbons (Fsp3) is 0.182. The van der Waals surface area contributed by atoms with Gasteiger partial charge in [-0.05, 0) is 48.9 Å². The van der Waals surface area contributed by atoms with Crippen LogP contribution in [0.1, 0.15) is 18.1 Å². The summed E-state index contributed by atoms with van der Waals surface area (Å²) in [5, 5.41) is 6.01. The average molecular weight is 506 g/mol. The van der Waals surface area contributed by atoms with E-state index in [9.17, 15) is 0 Å². The quantitative estimate of drug-likeness (QED) is 0.333. The van der Waals surface area contributed by atoms with Crippen molar-refractivity contribution in [1.29, 1.82) is 0 Å². The van der Waals surface area contributed by atoms with E-state index in [2.05, 4.69) is 5.32 Å². The normalized spacial score (nSPS) is 10.7. The molecule has 0 aliphatic rings. The first-order valence-electron chi connectivity index (χ1n) is 9.07. The van der Waals surface area contributed by atoms with Crippen molar-refractivity contribution >= 4 is 63.7 Å². The van der Waals surface area contributed by atoms with Crippen molar-refractivity contribution in [3.8, 4) is 11.5 Å². The Bertz CT molecular complexity index is 1020. The Morgan fingerprint density at radius 1 is 0.700 bits per heavy atom. The maximum atomic E-state index is 6.49. The van der Waals surface area contributed by atoms with Crippen molar-refractivity contribution in [1.82, 2.24) is 0 Å². The van der Waals surface area contributed by atoms with E-state index < -0.39 is 0 Å². The highest BCUT2D eigenvalue weighted by atomic mass is 35.5. The van der Waals surface area contributed by atoms with E-state index in [1.165, 1.54) is 0 Å². The summed E-state index contributed by atoms with van der Waals surface area (Å²) in [6, 6.07) is 14.1. The van der Waals surface area contributed by atoms with Gasteiger partial charge in [0.05, 0.1) is 6.61 Å². The van der Waals surface area contributed by atoms with Crippen molar-refractivity contribution in [3.63, 3.8) is 0 Å². The molecule has 0 heterocycles. The third-order valence-corrected chi connectivity index (χ3v) is 5.53. The lowest BCUT2D eigenvalue weighted by atomic mass is 10.2. The molecule has 0 unspecified atom stereocenters. The van der Waals surface area contributed by atoms with E-state index in [1.807, 2.05) is 19.1 Å². The predicted octanol–water partition coefficient (Wildman–Crippen LogP) is 8.54. The number of rotatable bonds is 8. The van der Waals surface area contributed by atoms with Gasteiger partial charge in [-0.15, -0.1) is 0 Å². The summed E-state index contributed by atoms with van der Waals surface area (Å²) in [5.74, 6) is 1.12. The second-order valence-corrected chi connectivity index (χ2v) is 8.48. The van der Waals surface area contributed by atoms with Gasteiger partial charge in [-0.25, -0.2) is 0 Å². The largest absolute Gasteiger partial charge is 0.490 e. The molecule has 0 amide bonds. The van der Waals surface area contributed by atoms with Crippen LogP contribution in [0.2, 0.25) is 25.1 Å². The second kappa shape index (κ2) is 10.7. The maximum Gasteiger partial charge on any atom is 0.163 e. The molecule has 0 radical (unpaired) electrons. The van der Waals surface area contributed by atoms with Gasteiger partial charge in [-0.2, -0.15) is 0 Å². The van der Waals surface area contributed by atoms with Crippen molar-refractivity contribution in [2.24, 2.45) is 0 Å². The number of anilines is 1. The lowest BCUT2D eigenvalue weighted by Gasteiger charge is -2.16. The summed E-state index contributed by atoms with van der Waals surface area (Å²) in [7, 11) is 0. The molecule has 158 valence electrons. The van der Waals surface area contributed by atoms with Crippen LogP contribution in [0.25, 0.3) is 0 Å². The standard InChI is InChI=1S/C22H18Cl5NO2/c1-2-29-21-5-14(11-28-18-7-16(24)6-17(25)8-18)20(27)10-22(21)30-12-13-3-4-15(23)9-19(13)26/h3-10,28H,2,11-12H2,1H3. The van der Waals surface area contributed by atoms with Crippen LogP contribution in [0.15, 0.2) is 48.5 Å². The number of hydrogen-bond acceptors (Lipinski definition) is 3. The minimum Gasteiger partial charge on any atom is -0.490 e. The number of halogens is 5. The smallest absolute Gasteiger partial charge is 0.163 e. The highest BCUT2D eigenvalue weighted by molar-refractivity contribution is 6.35. The Morgan fingerprint density at radius 3 is 2.03 bits per heavy atom. The monoisotopic (exact) mass is 503 g/mol. The third-order valence-electron chi connectivity index (χ3n) is 4.16. The number of hydrogen-bond donors (Lipinski definition) is 1. The van der Waals surface area contributed by atoms with Crippen molar-refractivity contribution in [2.75, 3.05) is 11.9 Å². The first kappa shape index (κ1) is 23.2. The molecule has 1 N–H and O–H groups in total. The van der Waals surface area contributed by atoms with Crippen LogP contribution in [0.4, 0.5) is 5.69 Å². The van der Waals surface area contributed by atoms with Crippen LogP contribution in [-0.4, -0.2) is 6.61 Å². The molecule has 0 spiro atoms. The topological polar surface area (TPSA) is 30.5 Å². The molecule has 30 heavy (non-hydrogen) atoms. The molecular formula is C22H18Cl5NO2. The molecule has 0 atom stereocenters. The Morgan fingerprint density at radius 2 is 1.37 bits per heavy atom. The Hall–Kier alpha value is -1.49. The van der Waals surface area contributed by atoms with Gasteiger partial charge in [-0.1, -0.05) is 64.1 Å². The van der Waals surface area contributed by atoms with Gasteiger partial charge in [-0.3, -0.25) is 0 Å². The van der Waals surface area contributed by atoms with Crippen molar-refractivity contribution in [2.45, 2.75) is 20.1 Å². The van der Waals surface area contributed by atoms with Crippen molar-refractivity contribution < 1.29 is 9.47 Å². The molecule has 0 aliphatic carbocycles. The van der Waals surface area contributed by atoms with E-state index in [0.717, 1.165) is 16.8 Å². The van der Waals surface area contributed by atoms with E-state index in [4.69, 9.17) is 67.5 Å². The molecule has 3 rings (SSSR count). The summed E-state index contributed by atoms with van der Waals surface area (Å²) in [4.78, 5) is 0. The van der Waals surface area contributed by atoms with Crippen LogP contribution in [0.3, 0.4) is 0 Å². The van der Waals surface area contributed by atoms with Gasteiger partial charge in [0.15, 0.2) is 11.5 Å². The minimum absolute atomic E-state index is 0.255. The van der Waals surface area contributed by atoms with Gasteiger partial charge in [0.1, 0.15) is 6.61 Å². The maximum absolute atomic E-state index is 6.49. The lowest BCUT2D eigenvalue weighted by molar-refractivity contribution is 0.269. The molecule has 0 bridgehead atoms. The summed E-state index contributed by atoms with van der Waals surface area (Å²) >= 11 is 30.8. The van der Waals surface area contributed by atoms with Crippen LogP contribution < -0.4 is 14.8 Å². The molecule has 3 nitrogen and oxygen atoms in total. The van der Waals surface area contributed by atoms with E-state index in [-0.39, 0.29) is 6.61 Å². The first-order valence-corrected chi connectivity index (χ1v) is 11.0. The Labute approximate surface area is 200 Å². The van der Waals surface area contributed by atoms with Crippen LogP contribution >= 0.6 is 58.0 Å². The fourth-order valence-corrected chi connectivity index (χ4v) is 3.95. The molecule has 0 aromatic heterocycles. The molecule has 0 saturated heterocycles. The lowest BCUT2D eigenvalue weighted by Crippen LogP contribution is -2.04. The number of ether oxygens (including phenoxy) is 2. The van der Waals surface area contributed by atoms with Crippen LogP contribution in [-0.2, 0) is 13.2 Å². The number of benzene rings is 3. The van der Waals surface area contributed by atoms with E-state index in [0.29, 0.717) is 49.8 Å². The molecule has 3 aromatic carbocycles. The summed E-state index contributed by atoms with van der Waals surface area (Å²) in [5.41, 5.74) is 2.44. The van der Waals surface area contributed by atoms with Gasteiger partial charge < -0.3 is 14.8 Å². The molecule has 8 heteroatoms. The molecule has 0 fully saturated rings. The second-order valence-electron chi connectivity index (χ2n) is 6.36. The van der Waals surface area contributed by atoms with Gasteiger partial charge in [0, 0.05) is 49.0 Å². The Kier molecular flexibility index (Phi) is 8.27. The molecule has 0 aliphatic heterocycles. The molecular weight excluding hydrogens is 488 g/mol. The summed E-state index contributed by atoms with van der Waals surface area (Å²) in [6.45, 7) is 3.10. The minimum atomic E-state index is 0.255. The van der Waals surface area contributed by atoms with Gasteiger partial charge >= 0.3 is 0 Å². The fourth-order valence-electron chi connectivity index (χ4n) is 2.74. The average Bonchev–Trinajstić information content (AvgIpc) is 2.67. The van der Waals surface area contributed by atoms with Crippen molar-refractivity contribution in [3.05, 3.63) is 84.8 Å². The highest BCUT2D eigenvalue weighted by Crippen LogP contribution is 2.35. The van der Waals surface area contributed by atoms with E-state index in [1.54, 1.807) is 36.4 Å². The predicted molar refractivity (Wildman–Crippen MR) is 127 cm³/mol. The van der Waals surface area contributed by atoms with E-state index >= 15 is 0 Å². The van der Waals surface area contributed by atoms with Gasteiger partial charge in [0.2, 0.25) is 0 Å². The zero-order valence-corrected chi connectivity index (χ0v) is 19.7. The SMILES string of the molecule is CCOc1cc(CNc2cc(Cl)cc(Cl)c2)c(Cl)cc1OCc1ccc(Cl)cc1Cl. The van der Waals surface area contributed by atoms with Crippen LogP contribution in [0.5, 0.6) is 11.5 Å². The van der Waals surface area contributed by atoms with Crippen LogP contribution in [0, 0.1) is 0 Å². The first-order chi connectivity index (χ1) is 14.4. The van der Waals surface area contributed by atoms with Gasteiger partial charge in [0.25, 0.3) is 0 Å². The summed E-state index contributed by atoms with van der Waals surface area (Å²) in [6.07, 6.45) is 0. The Balaban J connectivity index is 1.77. The molecule has 0 saturated carbocycles. The molecule has 3 aromatic rings. The summed E-state index contributed by atoms with van der Waals surface area (Å²) < 4.78 is 11.7. The highest BCUT2D eigenvalue weighted by Gasteiger charge is 2.13. The number of nitrogens with one attached hydrogen (secondary N) is 1. The zero-order chi connectivity index (χ0) is 21.7. The zero-order valence-electron chi connectivity index (χ0n) is 15.9. The third kappa shape index (κ3) is 6.26.